The van der Waals surface area contributed by atoms with Crippen LogP contribution in [0.5, 0.6) is 11.5 Å². The normalized spacial score (nSPS) is 15.2. The summed E-state index contributed by atoms with van der Waals surface area (Å²) in [6.45, 7) is 2.34. The number of hydrogen-bond donors (Lipinski definition) is 1. The Bertz CT molecular complexity index is 1150. The molecule has 1 N–H and O–H groups in total. The van der Waals surface area contributed by atoms with E-state index in [-0.39, 0.29) is 16.6 Å². The predicted octanol–water partition coefficient (Wildman–Crippen LogP) is 5.98. The molecule has 1 aliphatic heterocycles. The molecule has 0 bridgehead atoms. The predicted molar refractivity (Wildman–Crippen MR) is 123 cm³/mol. The first-order chi connectivity index (χ1) is 15.4. The minimum atomic E-state index is -0.725. The van der Waals surface area contributed by atoms with Crippen molar-refractivity contribution in [2.24, 2.45) is 0 Å². The zero-order valence-electron chi connectivity index (χ0n) is 18.1. The summed E-state index contributed by atoms with van der Waals surface area (Å²) in [5.41, 5.74) is 3.65. The number of ether oxygens (including phenoxy) is 2. The van der Waals surface area contributed by atoms with E-state index in [0.717, 1.165) is 16.7 Å². The van der Waals surface area contributed by atoms with E-state index >= 15 is 4.39 Å². The quantitative estimate of drug-likeness (QED) is 0.527. The van der Waals surface area contributed by atoms with Crippen molar-refractivity contribution in [2.75, 3.05) is 26.1 Å². The highest BCUT2D eigenvalue weighted by molar-refractivity contribution is 6.31. The van der Waals surface area contributed by atoms with Crippen molar-refractivity contribution in [3.63, 3.8) is 0 Å². The zero-order chi connectivity index (χ0) is 22.8. The number of carbonyl (C=O) groups is 1. The lowest BCUT2D eigenvalue weighted by molar-refractivity contribution is 0.192. The monoisotopic (exact) mass is 454 g/mol. The Kier molecular flexibility index (Phi) is 6.24. The smallest absolute Gasteiger partial charge is 0.322 e. The fourth-order valence-corrected chi connectivity index (χ4v) is 4.43. The number of nitrogens with one attached hydrogen (secondary N) is 1. The Hall–Kier alpha value is -3.25. The van der Waals surface area contributed by atoms with E-state index in [4.69, 9.17) is 21.1 Å². The van der Waals surface area contributed by atoms with Gasteiger partial charge in [0.1, 0.15) is 5.82 Å². The number of aryl methyl sites for hydroxylation is 1. The minimum Gasteiger partial charge on any atom is -0.493 e. The number of rotatable bonds is 4. The number of amides is 2. The average Bonchev–Trinajstić information content (AvgIpc) is 2.77. The van der Waals surface area contributed by atoms with E-state index < -0.39 is 11.9 Å². The van der Waals surface area contributed by atoms with Gasteiger partial charge in [-0.05, 0) is 66.4 Å². The molecule has 1 heterocycles. The van der Waals surface area contributed by atoms with Crippen molar-refractivity contribution in [2.45, 2.75) is 19.4 Å². The Morgan fingerprint density at radius 2 is 1.81 bits per heavy atom. The Morgan fingerprint density at radius 1 is 1.09 bits per heavy atom. The first-order valence-corrected chi connectivity index (χ1v) is 10.6. The van der Waals surface area contributed by atoms with E-state index in [1.165, 1.54) is 6.07 Å². The van der Waals surface area contributed by atoms with Gasteiger partial charge in [-0.25, -0.2) is 9.18 Å². The molecule has 1 unspecified atom stereocenters. The maximum atomic E-state index is 15.1. The van der Waals surface area contributed by atoms with Crippen LogP contribution < -0.4 is 14.8 Å². The highest BCUT2D eigenvalue weighted by Gasteiger charge is 2.36. The summed E-state index contributed by atoms with van der Waals surface area (Å²) >= 11 is 6.46. The molecule has 0 aliphatic carbocycles. The molecule has 4 rings (SSSR count). The van der Waals surface area contributed by atoms with Gasteiger partial charge in [-0.2, -0.15) is 0 Å². The van der Waals surface area contributed by atoms with Gasteiger partial charge in [0.15, 0.2) is 11.5 Å². The van der Waals surface area contributed by atoms with Crippen molar-refractivity contribution in [1.29, 1.82) is 0 Å². The number of halogens is 2. The zero-order valence-corrected chi connectivity index (χ0v) is 18.9. The summed E-state index contributed by atoms with van der Waals surface area (Å²) in [6, 6.07) is 14.7. The molecular formula is C25H24ClFN2O3. The molecule has 166 valence electrons. The third-order valence-corrected chi connectivity index (χ3v) is 6.01. The lowest BCUT2D eigenvalue weighted by atomic mass is 9.87. The topological polar surface area (TPSA) is 50.8 Å². The van der Waals surface area contributed by atoms with Gasteiger partial charge >= 0.3 is 6.03 Å². The Labute approximate surface area is 191 Å². The van der Waals surface area contributed by atoms with Crippen LogP contribution >= 0.6 is 11.6 Å². The molecule has 3 aromatic carbocycles. The summed E-state index contributed by atoms with van der Waals surface area (Å²) < 4.78 is 26.0. The first kappa shape index (κ1) is 22.0. The maximum Gasteiger partial charge on any atom is 0.322 e. The second-order valence-electron chi connectivity index (χ2n) is 7.69. The van der Waals surface area contributed by atoms with Crippen molar-refractivity contribution < 1.29 is 18.7 Å². The first-order valence-electron chi connectivity index (χ1n) is 10.3. The van der Waals surface area contributed by atoms with Gasteiger partial charge in [-0.3, -0.25) is 0 Å². The SMILES string of the molecule is COc1cc2c(cc1OC)C(c1c(F)cccc1Cl)N(C(=O)Nc1cccc(C)c1)CC2. The van der Waals surface area contributed by atoms with Crippen LogP contribution in [-0.4, -0.2) is 31.7 Å². The van der Waals surface area contributed by atoms with Gasteiger partial charge in [-0.1, -0.05) is 29.8 Å². The van der Waals surface area contributed by atoms with Crippen LogP contribution in [0.25, 0.3) is 0 Å². The van der Waals surface area contributed by atoms with Crippen LogP contribution in [0, 0.1) is 12.7 Å². The molecule has 0 spiro atoms. The second-order valence-corrected chi connectivity index (χ2v) is 8.09. The number of methoxy groups -OCH3 is 2. The summed E-state index contributed by atoms with van der Waals surface area (Å²) in [5, 5.41) is 3.19. The number of fused-ring (bicyclic) bond motifs is 1. The minimum absolute atomic E-state index is 0.252. The van der Waals surface area contributed by atoms with Gasteiger partial charge in [0, 0.05) is 22.8 Å². The van der Waals surface area contributed by atoms with E-state index in [2.05, 4.69) is 5.32 Å². The largest absolute Gasteiger partial charge is 0.493 e. The molecule has 5 nitrogen and oxygen atoms in total. The molecule has 0 saturated heterocycles. The number of nitrogens with zero attached hydrogens (tertiary/aromatic N) is 1. The standard InChI is InChI=1S/C25H24ClFN2O3/c1-15-6-4-7-17(12-15)28-25(30)29-11-10-16-13-21(31-2)22(32-3)14-18(16)24(29)23-19(26)8-5-9-20(23)27/h4-9,12-14,24H,10-11H2,1-3H3,(H,28,30). The maximum absolute atomic E-state index is 15.1. The number of hydrogen-bond acceptors (Lipinski definition) is 3. The lowest BCUT2D eigenvalue weighted by Gasteiger charge is -2.38. The third-order valence-electron chi connectivity index (χ3n) is 5.68. The fraction of sp³-hybridized carbons (Fsp3) is 0.240. The molecule has 7 heteroatoms. The molecule has 0 saturated carbocycles. The van der Waals surface area contributed by atoms with E-state index in [0.29, 0.717) is 30.2 Å². The molecular weight excluding hydrogens is 431 g/mol. The number of benzene rings is 3. The van der Waals surface area contributed by atoms with Gasteiger partial charge < -0.3 is 19.7 Å². The van der Waals surface area contributed by atoms with Gasteiger partial charge in [-0.15, -0.1) is 0 Å². The van der Waals surface area contributed by atoms with Crippen LogP contribution in [0.1, 0.15) is 28.3 Å². The molecule has 3 aromatic rings. The third kappa shape index (κ3) is 4.10. The van der Waals surface area contributed by atoms with Gasteiger partial charge in [0.25, 0.3) is 0 Å². The van der Waals surface area contributed by atoms with Crippen molar-refractivity contribution in [3.8, 4) is 11.5 Å². The molecule has 0 aromatic heterocycles. The van der Waals surface area contributed by atoms with Gasteiger partial charge in [0.2, 0.25) is 0 Å². The van der Waals surface area contributed by atoms with E-state index in [9.17, 15) is 4.79 Å². The Balaban J connectivity index is 1.83. The molecule has 0 fully saturated rings. The number of carbonyl (C=O) groups excluding carboxylic acids is 1. The summed E-state index contributed by atoms with van der Waals surface area (Å²) in [4.78, 5) is 15.0. The Morgan fingerprint density at radius 3 is 2.50 bits per heavy atom. The lowest BCUT2D eigenvalue weighted by Crippen LogP contribution is -2.43. The summed E-state index contributed by atoms with van der Waals surface area (Å²) in [6.07, 6.45) is 0.583. The summed E-state index contributed by atoms with van der Waals surface area (Å²) in [5.74, 6) is 0.616. The van der Waals surface area contributed by atoms with Crippen molar-refractivity contribution in [3.05, 3.63) is 87.7 Å². The van der Waals surface area contributed by atoms with E-state index in [1.54, 1.807) is 37.3 Å². The van der Waals surface area contributed by atoms with Crippen molar-refractivity contribution >= 4 is 23.3 Å². The fourth-order valence-electron chi connectivity index (χ4n) is 4.17. The number of anilines is 1. The van der Waals surface area contributed by atoms with Crippen LogP contribution in [0.15, 0.2) is 54.6 Å². The molecule has 32 heavy (non-hydrogen) atoms. The molecule has 1 aliphatic rings. The summed E-state index contributed by atoms with van der Waals surface area (Å²) in [7, 11) is 3.11. The molecule has 1 atom stereocenters. The highest BCUT2D eigenvalue weighted by atomic mass is 35.5. The van der Waals surface area contributed by atoms with Crippen LogP contribution in [0.2, 0.25) is 5.02 Å². The number of urea groups is 1. The average molecular weight is 455 g/mol. The van der Waals surface area contributed by atoms with Crippen molar-refractivity contribution in [1.82, 2.24) is 4.90 Å². The van der Waals surface area contributed by atoms with Crippen LogP contribution in [0.3, 0.4) is 0 Å². The molecule has 0 radical (unpaired) electrons. The van der Waals surface area contributed by atoms with E-state index in [1.807, 2.05) is 37.3 Å². The van der Waals surface area contributed by atoms with Crippen LogP contribution in [0.4, 0.5) is 14.9 Å². The second kappa shape index (κ2) is 9.09. The van der Waals surface area contributed by atoms with Crippen LogP contribution in [-0.2, 0) is 6.42 Å². The van der Waals surface area contributed by atoms with Gasteiger partial charge in [0.05, 0.1) is 20.3 Å². The highest BCUT2D eigenvalue weighted by Crippen LogP contribution is 2.43. The molecule has 2 amide bonds.